The van der Waals surface area contributed by atoms with E-state index in [1.165, 1.54) is 7.11 Å². The van der Waals surface area contributed by atoms with Gasteiger partial charge in [-0.05, 0) is 0 Å². The summed E-state index contributed by atoms with van der Waals surface area (Å²) < 4.78 is 40.8. The molecule has 1 N–H and O–H groups in total. The summed E-state index contributed by atoms with van der Waals surface area (Å²) in [5.41, 5.74) is 0. The molecule has 0 saturated carbocycles. The predicted octanol–water partition coefficient (Wildman–Crippen LogP) is 2.40. The molecule has 0 aromatic carbocycles. The number of rotatable bonds is 2. The van der Waals surface area contributed by atoms with E-state index in [-0.39, 0.29) is 5.19 Å². The number of nitrogens with zero attached hydrogens (tertiary/aromatic N) is 1. The molecule has 3 nitrogen and oxygen atoms in total. The molecule has 1 aromatic heterocycles. The van der Waals surface area contributed by atoms with Crippen molar-refractivity contribution in [1.82, 2.24) is 4.98 Å². The number of ether oxygens (including phenoxy) is 1. The van der Waals surface area contributed by atoms with E-state index in [0.717, 1.165) is 0 Å². The third kappa shape index (κ3) is 2.28. The van der Waals surface area contributed by atoms with Gasteiger partial charge >= 0.3 is 6.18 Å². The standard InChI is InChI=1S/C6H5ClF3NO2S/c1-13-5-11-4(7)2(14-5)3(12)6(8,9)10/h3,12H,1H3/t3-/m1/s1. The van der Waals surface area contributed by atoms with E-state index in [0.29, 0.717) is 11.3 Å². The molecule has 1 heterocycles. The lowest BCUT2D eigenvalue weighted by atomic mass is 10.3. The van der Waals surface area contributed by atoms with E-state index in [4.69, 9.17) is 16.7 Å². The van der Waals surface area contributed by atoms with Crippen molar-refractivity contribution >= 4 is 22.9 Å². The number of halogens is 4. The van der Waals surface area contributed by atoms with Crippen LogP contribution in [-0.4, -0.2) is 23.4 Å². The highest BCUT2D eigenvalue weighted by atomic mass is 35.5. The first-order valence-electron chi connectivity index (χ1n) is 3.31. The molecule has 0 aliphatic carbocycles. The van der Waals surface area contributed by atoms with Crippen molar-refractivity contribution in [3.63, 3.8) is 0 Å². The van der Waals surface area contributed by atoms with Gasteiger partial charge in [-0.1, -0.05) is 22.9 Å². The van der Waals surface area contributed by atoms with Crippen LogP contribution in [0.3, 0.4) is 0 Å². The fourth-order valence-corrected chi connectivity index (χ4v) is 1.83. The fourth-order valence-electron chi connectivity index (χ4n) is 0.699. The average Bonchev–Trinajstić information content (AvgIpc) is 2.43. The Balaban J connectivity index is 3.01. The summed E-state index contributed by atoms with van der Waals surface area (Å²) in [6.07, 6.45) is -7.36. The van der Waals surface area contributed by atoms with Crippen LogP contribution in [-0.2, 0) is 0 Å². The summed E-state index contributed by atoms with van der Waals surface area (Å²) in [4.78, 5) is 3.00. The van der Waals surface area contributed by atoms with Gasteiger partial charge in [-0.15, -0.1) is 0 Å². The summed E-state index contributed by atoms with van der Waals surface area (Å²) >= 11 is 5.94. The van der Waals surface area contributed by atoms with Crippen molar-refractivity contribution in [2.75, 3.05) is 7.11 Å². The van der Waals surface area contributed by atoms with Crippen LogP contribution in [0.2, 0.25) is 5.15 Å². The number of thiazole rings is 1. The number of aliphatic hydroxyl groups excluding tert-OH is 1. The number of aromatic nitrogens is 1. The molecule has 80 valence electrons. The lowest BCUT2D eigenvalue weighted by Gasteiger charge is -2.11. The molecule has 0 fully saturated rings. The minimum absolute atomic E-state index is 0.0201. The zero-order chi connectivity index (χ0) is 10.9. The third-order valence-corrected chi connectivity index (χ3v) is 2.79. The summed E-state index contributed by atoms with van der Waals surface area (Å²) in [5, 5.41) is 8.44. The van der Waals surface area contributed by atoms with Gasteiger partial charge in [-0.2, -0.15) is 18.2 Å². The smallest absolute Gasteiger partial charge is 0.419 e. The number of alkyl halides is 3. The Kier molecular flexibility index (Phi) is 3.23. The van der Waals surface area contributed by atoms with Crippen LogP contribution in [0.25, 0.3) is 0 Å². The van der Waals surface area contributed by atoms with Gasteiger partial charge in [-0.3, -0.25) is 0 Å². The Hall–Kier alpha value is -0.530. The van der Waals surface area contributed by atoms with Crippen LogP contribution in [0.4, 0.5) is 13.2 Å². The van der Waals surface area contributed by atoms with Crippen LogP contribution in [0.5, 0.6) is 5.19 Å². The second-order valence-corrected chi connectivity index (χ2v) is 3.63. The largest absolute Gasteiger partial charge is 0.473 e. The van der Waals surface area contributed by atoms with Crippen LogP contribution in [0.15, 0.2) is 0 Å². The van der Waals surface area contributed by atoms with Crippen LogP contribution >= 0.6 is 22.9 Å². The minimum Gasteiger partial charge on any atom is -0.473 e. The van der Waals surface area contributed by atoms with Gasteiger partial charge in [0.05, 0.1) is 12.0 Å². The monoisotopic (exact) mass is 247 g/mol. The topological polar surface area (TPSA) is 42.4 Å². The Morgan fingerprint density at radius 2 is 2.14 bits per heavy atom. The van der Waals surface area contributed by atoms with E-state index >= 15 is 0 Å². The van der Waals surface area contributed by atoms with Gasteiger partial charge in [0.1, 0.15) is 5.15 Å². The Labute approximate surface area is 86.1 Å². The first-order chi connectivity index (χ1) is 6.36. The second-order valence-electron chi connectivity index (χ2n) is 2.28. The van der Waals surface area contributed by atoms with Crippen molar-refractivity contribution in [3.05, 3.63) is 10.0 Å². The van der Waals surface area contributed by atoms with Crippen LogP contribution in [0, 0.1) is 0 Å². The molecule has 0 spiro atoms. The van der Waals surface area contributed by atoms with Gasteiger partial charge in [0.2, 0.25) is 0 Å². The maximum Gasteiger partial charge on any atom is 0.419 e. The first-order valence-corrected chi connectivity index (χ1v) is 4.50. The van der Waals surface area contributed by atoms with Crippen molar-refractivity contribution in [2.45, 2.75) is 12.3 Å². The maximum absolute atomic E-state index is 12.1. The lowest BCUT2D eigenvalue weighted by Crippen LogP contribution is -2.19. The molecule has 0 aliphatic rings. The Morgan fingerprint density at radius 3 is 2.50 bits per heavy atom. The molecule has 1 rings (SSSR count). The summed E-state index contributed by atoms with van der Waals surface area (Å²) in [6.45, 7) is 0. The maximum atomic E-state index is 12.1. The molecule has 0 amide bonds. The molecule has 0 saturated heterocycles. The van der Waals surface area contributed by atoms with Gasteiger partial charge < -0.3 is 9.84 Å². The molecule has 8 heteroatoms. The molecule has 14 heavy (non-hydrogen) atoms. The van der Waals surface area contributed by atoms with Crippen molar-refractivity contribution in [3.8, 4) is 5.19 Å². The van der Waals surface area contributed by atoms with E-state index in [1.54, 1.807) is 0 Å². The van der Waals surface area contributed by atoms with Gasteiger partial charge in [0.15, 0.2) is 6.10 Å². The number of hydrogen-bond acceptors (Lipinski definition) is 4. The van der Waals surface area contributed by atoms with Crippen LogP contribution in [0.1, 0.15) is 11.0 Å². The second kappa shape index (κ2) is 3.92. The van der Waals surface area contributed by atoms with Gasteiger partial charge in [-0.25, -0.2) is 0 Å². The van der Waals surface area contributed by atoms with E-state index in [9.17, 15) is 13.2 Å². The summed E-state index contributed by atoms with van der Waals surface area (Å²) in [5.74, 6) is 0. The molecule has 1 atom stereocenters. The van der Waals surface area contributed by atoms with Crippen molar-refractivity contribution in [1.29, 1.82) is 0 Å². The molecule has 1 aromatic rings. The minimum atomic E-state index is -4.75. The highest BCUT2D eigenvalue weighted by molar-refractivity contribution is 7.14. The number of hydrogen-bond donors (Lipinski definition) is 1. The first kappa shape index (κ1) is 11.5. The molecular weight excluding hydrogens is 243 g/mol. The normalized spacial score (nSPS) is 14.1. The van der Waals surface area contributed by atoms with Gasteiger partial charge in [0, 0.05) is 0 Å². The molecule has 0 bridgehead atoms. The number of aliphatic hydroxyl groups is 1. The highest BCUT2D eigenvalue weighted by Crippen LogP contribution is 2.40. The third-order valence-electron chi connectivity index (χ3n) is 1.32. The lowest BCUT2D eigenvalue weighted by molar-refractivity contribution is -0.205. The highest BCUT2D eigenvalue weighted by Gasteiger charge is 2.42. The quantitative estimate of drug-likeness (QED) is 0.873. The van der Waals surface area contributed by atoms with Crippen molar-refractivity contribution in [2.24, 2.45) is 0 Å². The number of methoxy groups -OCH3 is 1. The average molecular weight is 248 g/mol. The Morgan fingerprint density at radius 1 is 1.57 bits per heavy atom. The molecule has 0 aliphatic heterocycles. The van der Waals surface area contributed by atoms with Gasteiger partial charge in [0.25, 0.3) is 5.19 Å². The fraction of sp³-hybridized carbons (Fsp3) is 0.500. The summed E-state index contributed by atoms with van der Waals surface area (Å²) in [7, 11) is 1.25. The van der Waals surface area contributed by atoms with E-state index < -0.39 is 22.3 Å². The summed E-state index contributed by atoms with van der Waals surface area (Å²) in [6, 6.07) is 0. The van der Waals surface area contributed by atoms with Crippen LogP contribution < -0.4 is 4.74 Å². The van der Waals surface area contributed by atoms with Crippen molar-refractivity contribution < 1.29 is 23.0 Å². The van der Waals surface area contributed by atoms with E-state index in [2.05, 4.69) is 9.72 Å². The zero-order valence-corrected chi connectivity index (χ0v) is 8.37. The zero-order valence-electron chi connectivity index (χ0n) is 6.80. The van der Waals surface area contributed by atoms with E-state index in [1.807, 2.05) is 0 Å². The Bertz CT molecular complexity index is 327. The molecular formula is C6H5ClF3NO2S. The SMILES string of the molecule is COc1nc(Cl)c([C@@H](O)C(F)(F)F)s1. The molecule has 0 radical (unpaired) electrons. The molecule has 0 unspecified atom stereocenters. The predicted molar refractivity (Wildman–Crippen MR) is 44.7 cm³/mol.